The summed E-state index contributed by atoms with van der Waals surface area (Å²) in [5.41, 5.74) is 0.0391. The molecule has 208 valence electrons. The number of sulfonamides is 1. The normalized spacial score (nSPS) is 17.5. The molecule has 4 rings (SSSR count). The molecule has 0 radical (unpaired) electrons. The van der Waals surface area contributed by atoms with Crippen molar-refractivity contribution in [2.45, 2.75) is 61.3 Å². The van der Waals surface area contributed by atoms with E-state index in [9.17, 15) is 36.3 Å². The SMILES string of the molecule is N#Cc1ccc(CC(NC(=O)O)C(=O)N2CCC(N(C3CC3)S(=O)(=O)c3cccc(C(F)(F)F)c3)CC2)cc1. The van der Waals surface area contributed by atoms with Gasteiger partial charge in [-0.15, -0.1) is 0 Å². The number of nitriles is 1. The number of hydrogen-bond acceptors (Lipinski definition) is 5. The molecule has 1 saturated heterocycles. The minimum atomic E-state index is -4.68. The molecular weight excluding hydrogens is 537 g/mol. The molecule has 2 amide bonds. The molecule has 0 spiro atoms. The molecular formula is C26H27F3N4O5S. The van der Waals surface area contributed by atoms with Crippen LogP contribution in [0.1, 0.15) is 42.4 Å². The number of benzene rings is 2. The van der Waals surface area contributed by atoms with E-state index < -0.39 is 50.7 Å². The minimum Gasteiger partial charge on any atom is -0.465 e. The highest BCUT2D eigenvalue weighted by Gasteiger charge is 2.44. The van der Waals surface area contributed by atoms with E-state index in [1.54, 1.807) is 24.3 Å². The Morgan fingerprint density at radius 1 is 1.08 bits per heavy atom. The van der Waals surface area contributed by atoms with E-state index in [-0.39, 0.29) is 38.4 Å². The van der Waals surface area contributed by atoms with E-state index >= 15 is 0 Å². The van der Waals surface area contributed by atoms with Gasteiger partial charge in [-0.2, -0.15) is 22.7 Å². The van der Waals surface area contributed by atoms with Gasteiger partial charge in [0.2, 0.25) is 15.9 Å². The van der Waals surface area contributed by atoms with Gasteiger partial charge in [0.05, 0.1) is 22.1 Å². The van der Waals surface area contributed by atoms with Crippen molar-refractivity contribution in [3.8, 4) is 6.07 Å². The Labute approximate surface area is 223 Å². The van der Waals surface area contributed by atoms with Crippen molar-refractivity contribution in [2.75, 3.05) is 13.1 Å². The maximum Gasteiger partial charge on any atom is 0.416 e. The molecule has 2 fully saturated rings. The average molecular weight is 565 g/mol. The number of carbonyl (C=O) groups is 2. The first-order valence-corrected chi connectivity index (χ1v) is 13.8. The van der Waals surface area contributed by atoms with Crippen molar-refractivity contribution >= 4 is 22.0 Å². The number of halogens is 3. The summed E-state index contributed by atoms with van der Waals surface area (Å²) in [5, 5.41) is 20.5. The number of carboxylic acid groups (broad SMARTS) is 1. The van der Waals surface area contributed by atoms with Gasteiger partial charge in [-0.1, -0.05) is 18.2 Å². The smallest absolute Gasteiger partial charge is 0.416 e. The number of likely N-dealkylation sites (tertiary alicyclic amines) is 1. The van der Waals surface area contributed by atoms with E-state index in [0.29, 0.717) is 30.0 Å². The molecule has 13 heteroatoms. The van der Waals surface area contributed by atoms with Crippen molar-refractivity contribution in [2.24, 2.45) is 0 Å². The molecule has 9 nitrogen and oxygen atoms in total. The largest absolute Gasteiger partial charge is 0.465 e. The maximum absolute atomic E-state index is 13.5. The molecule has 1 atom stereocenters. The van der Waals surface area contributed by atoms with Crippen LogP contribution >= 0.6 is 0 Å². The fourth-order valence-electron chi connectivity index (χ4n) is 4.84. The van der Waals surface area contributed by atoms with Crippen LogP contribution in [0.3, 0.4) is 0 Å². The third-order valence-corrected chi connectivity index (χ3v) is 8.90. The molecule has 2 N–H and O–H groups in total. The molecule has 1 aliphatic carbocycles. The van der Waals surface area contributed by atoms with E-state index in [1.807, 2.05) is 6.07 Å². The van der Waals surface area contributed by atoms with Crippen LogP contribution in [0.4, 0.5) is 18.0 Å². The van der Waals surface area contributed by atoms with Crippen molar-refractivity contribution in [1.29, 1.82) is 5.26 Å². The number of rotatable bonds is 8. The zero-order valence-corrected chi connectivity index (χ0v) is 21.6. The lowest BCUT2D eigenvalue weighted by Crippen LogP contribution is -2.54. The second kappa shape index (κ2) is 11.2. The number of nitrogens with one attached hydrogen (secondary N) is 1. The van der Waals surface area contributed by atoms with E-state index in [4.69, 9.17) is 5.26 Å². The molecule has 0 aromatic heterocycles. The number of piperidine rings is 1. The Kier molecular flexibility index (Phi) is 8.17. The quantitative estimate of drug-likeness (QED) is 0.504. The minimum absolute atomic E-state index is 0.0644. The first-order valence-electron chi connectivity index (χ1n) is 12.4. The second-order valence-electron chi connectivity index (χ2n) is 9.66. The van der Waals surface area contributed by atoms with Crippen LogP contribution in [0, 0.1) is 11.3 Å². The number of alkyl halides is 3. The van der Waals surface area contributed by atoms with Crippen LogP contribution in [-0.4, -0.2) is 65.9 Å². The molecule has 1 saturated carbocycles. The van der Waals surface area contributed by atoms with E-state index in [0.717, 1.165) is 18.2 Å². The summed E-state index contributed by atoms with van der Waals surface area (Å²) in [6, 6.07) is 10.2. The number of carbonyl (C=O) groups excluding carboxylic acids is 1. The predicted molar refractivity (Wildman–Crippen MR) is 133 cm³/mol. The molecule has 2 aromatic carbocycles. The fraction of sp³-hybridized carbons (Fsp3) is 0.423. The van der Waals surface area contributed by atoms with Crippen molar-refractivity contribution in [3.63, 3.8) is 0 Å². The van der Waals surface area contributed by atoms with Gasteiger partial charge in [0.1, 0.15) is 6.04 Å². The molecule has 39 heavy (non-hydrogen) atoms. The average Bonchev–Trinajstić information content (AvgIpc) is 3.73. The van der Waals surface area contributed by atoms with Gasteiger partial charge in [-0.25, -0.2) is 13.2 Å². The van der Waals surface area contributed by atoms with Gasteiger partial charge in [-0.05, 0) is 61.6 Å². The van der Waals surface area contributed by atoms with Crippen LogP contribution in [0.25, 0.3) is 0 Å². The van der Waals surface area contributed by atoms with Gasteiger partial charge in [-0.3, -0.25) is 4.79 Å². The zero-order valence-electron chi connectivity index (χ0n) is 20.8. The first kappa shape index (κ1) is 28.4. The van der Waals surface area contributed by atoms with Crippen LogP contribution in [0.5, 0.6) is 0 Å². The Balaban J connectivity index is 1.47. The lowest BCUT2D eigenvalue weighted by molar-refractivity contribution is -0.137. The molecule has 2 aliphatic rings. The van der Waals surface area contributed by atoms with Gasteiger partial charge in [0.25, 0.3) is 0 Å². The van der Waals surface area contributed by atoms with E-state index in [2.05, 4.69) is 5.32 Å². The van der Waals surface area contributed by atoms with E-state index in [1.165, 1.54) is 9.21 Å². The van der Waals surface area contributed by atoms with Gasteiger partial charge < -0.3 is 15.3 Å². The summed E-state index contributed by atoms with van der Waals surface area (Å²) < 4.78 is 67.9. The van der Waals surface area contributed by atoms with Crippen molar-refractivity contribution < 1.29 is 36.3 Å². The molecule has 1 aliphatic heterocycles. The highest BCUT2D eigenvalue weighted by molar-refractivity contribution is 7.89. The lowest BCUT2D eigenvalue weighted by Gasteiger charge is -2.39. The third-order valence-electron chi connectivity index (χ3n) is 6.90. The lowest BCUT2D eigenvalue weighted by atomic mass is 10.0. The fourth-order valence-corrected chi connectivity index (χ4v) is 6.81. The summed E-state index contributed by atoms with van der Waals surface area (Å²) >= 11 is 0. The predicted octanol–water partition coefficient (Wildman–Crippen LogP) is 3.60. The standard InChI is InChI=1S/C26H27F3N4O5S/c27-26(28,29)19-2-1-3-22(15-19)39(37,38)33(20-8-9-20)21-10-12-32(13-11-21)24(34)23(31-25(35)36)14-17-4-6-18(16-30)7-5-17/h1-7,15,20-21,23,31H,8-14H2,(H,35,36). The van der Waals surface area contributed by atoms with Gasteiger partial charge in [0.15, 0.2) is 0 Å². The number of nitrogens with zero attached hydrogens (tertiary/aromatic N) is 3. The second-order valence-corrected chi connectivity index (χ2v) is 11.5. The molecule has 1 unspecified atom stereocenters. The van der Waals surface area contributed by atoms with Crippen molar-refractivity contribution in [3.05, 3.63) is 65.2 Å². The number of hydrogen-bond donors (Lipinski definition) is 2. The van der Waals surface area contributed by atoms with Crippen LogP contribution in [0.2, 0.25) is 0 Å². The Morgan fingerprint density at radius 3 is 2.23 bits per heavy atom. The van der Waals surface area contributed by atoms with Crippen LogP contribution in [0.15, 0.2) is 53.4 Å². The molecule has 1 heterocycles. The van der Waals surface area contributed by atoms with Gasteiger partial charge >= 0.3 is 12.3 Å². The van der Waals surface area contributed by atoms with Gasteiger partial charge in [0, 0.05) is 31.6 Å². The van der Waals surface area contributed by atoms with Crippen LogP contribution < -0.4 is 5.32 Å². The molecule has 2 aromatic rings. The highest BCUT2D eigenvalue weighted by Crippen LogP contribution is 2.38. The van der Waals surface area contributed by atoms with Crippen molar-refractivity contribution in [1.82, 2.24) is 14.5 Å². The Bertz CT molecular complexity index is 1360. The summed E-state index contributed by atoms with van der Waals surface area (Å²) in [4.78, 5) is 25.7. The maximum atomic E-state index is 13.5. The Hall–Kier alpha value is -3.63. The zero-order chi connectivity index (χ0) is 28.4. The first-order chi connectivity index (χ1) is 18.4. The highest BCUT2D eigenvalue weighted by atomic mass is 32.2. The number of amides is 2. The Morgan fingerprint density at radius 2 is 1.69 bits per heavy atom. The van der Waals surface area contributed by atoms with Crippen LogP contribution in [-0.2, 0) is 27.4 Å². The summed E-state index contributed by atoms with van der Waals surface area (Å²) in [6.45, 7) is 0.325. The third kappa shape index (κ3) is 6.69. The summed E-state index contributed by atoms with van der Waals surface area (Å²) in [5.74, 6) is -0.459. The topological polar surface area (TPSA) is 131 Å². The monoisotopic (exact) mass is 564 g/mol. The molecule has 0 bridgehead atoms. The summed E-state index contributed by atoms with van der Waals surface area (Å²) in [7, 11) is -4.22. The summed E-state index contributed by atoms with van der Waals surface area (Å²) in [6.07, 6.45) is -4.26.